The molecule has 0 bridgehead atoms. The molecule has 18 heavy (non-hydrogen) atoms. The van der Waals surface area contributed by atoms with Gasteiger partial charge in [0.15, 0.2) is 0 Å². The highest BCUT2D eigenvalue weighted by Gasteiger charge is 2.25. The second-order valence-corrected chi connectivity index (χ2v) is 4.46. The average molecular weight is 248 g/mol. The summed E-state index contributed by atoms with van der Waals surface area (Å²) < 4.78 is 4.66. The number of ether oxygens (including phenoxy) is 1. The van der Waals surface area contributed by atoms with Crippen LogP contribution in [-0.4, -0.2) is 25.0 Å². The van der Waals surface area contributed by atoms with E-state index in [0.717, 1.165) is 5.69 Å². The lowest BCUT2D eigenvalue weighted by Gasteiger charge is -2.16. The van der Waals surface area contributed by atoms with Crippen molar-refractivity contribution in [1.29, 1.82) is 0 Å². The fraction of sp³-hybridized carbons (Fsp3) is 0.385. The fourth-order valence-electron chi connectivity index (χ4n) is 1.86. The molecule has 2 unspecified atom stereocenters. The minimum absolute atomic E-state index is 0.0372. The molecule has 1 amide bonds. The molecule has 0 radical (unpaired) electrons. The molecule has 0 spiro atoms. The molecule has 0 saturated carbocycles. The Kier molecular flexibility index (Phi) is 3.23. The van der Waals surface area contributed by atoms with Crippen molar-refractivity contribution >= 4 is 23.3 Å². The lowest BCUT2D eigenvalue weighted by atomic mass is 10.0. The normalized spacial score (nSPS) is 22.3. The number of anilines is 2. The number of hydrogen-bond acceptors (Lipinski definition) is 4. The molecule has 2 atom stereocenters. The van der Waals surface area contributed by atoms with E-state index in [1.807, 2.05) is 13.8 Å². The Morgan fingerprint density at radius 3 is 2.67 bits per heavy atom. The van der Waals surface area contributed by atoms with Crippen LogP contribution in [0.15, 0.2) is 18.2 Å². The van der Waals surface area contributed by atoms with Crippen LogP contribution in [0.5, 0.6) is 0 Å². The second-order valence-electron chi connectivity index (χ2n) is 4.46. The van der Waals surface area contributed by atoms with Gasteiger partial charge in [0.2, 0.25) is 5.91 Å². The summed E-state index contributed by atoms with van der Waals surface area (Å²) in [4.78, 5) is 23.3. The topological polar surface area (TPSA) is 67.4 Å². The van der Waals surface area contributed by atoms with Gasteiger partial charge in [0.05, 0.1) is 30.0 Å². The van der Waals surface area contributed by atoms with E-state index in [2.05, 4.69) is 15.4 Å². The van der Waals surface area contributed by atoms with Crippen molar-refractivity contribution in [3.8, 4) is 0 Å². The molecule has 0 aromatic heterocycles. The summed E-state index contributed by atoms with van der Waals surface area (Å²) in [6.07, 6.45) is 0. The molecule has 1 heterocycles. The highest BCUT2D eigenvalue weighted by Crippen LogP contribution is 2.29. The van der Waals surface area contributed by atoms with Crippen LogP contribution in [0.25, 0.3) is 0 Å². The van der Waals surface area contributed by atoms with Crippen LogP contribution < -0.4 is 10.6 Å². The van der Waals surface area contributed by atoms with Gasteiger partial charge in [0, 0.05) is 6.04 Å². The number of rotatable bonds is 1. The summed E-state index contributed by atoms with van der Waals surface area (Å²) in [5.74, 6) is -0.618. The van der Waals surface area contributed by atoms with Crippen LogP contribution in [0.1, 0.15) is 24.2 Å². The first-order valence-corrected chi connectivity index (χ1v) is 5.82. The fourth-order valence-corrected chi connectivity index (χ4v) is 1.86. The number of amides is 1. The summed E-state index contributed by atoms with van der Waals surface area (Å²) in [7, 11) is 1.33. The molecule has 1 aliphatic rings. The third-order valence-electron chi connectivity index (χ3n) is 3.25. The minimum atomic E-state index is -0.419. The maximum absolute atomic E-state index is 11.9. The van der Waals surface area contributed by atoms with Gasteiger partial charge in [-0.25, -0.2) is 4.79 Å². The van der Waals surface area contributed by atoms with E-state index in [-0.39, 0.29) is 17.9 Å². The number of fused-ring (bicyclic) bond motifs is 1. The van der Waals surface area contributed by atoms with Gasteiger partial charge in [-0.1, -0.05) is 6.92 Å². The smallest absolute Gasteiger partial charge is 0.337 e. The van der Waals surface area contributed by atoms with Gasteiger partial charge in [0.1, 0.15) is 0 Å². The Labute approximate surface area is 106 Å². The number of methoxy groups -OCH3 is 1. The lowest BCUT2D eigenvalue weighted by molar-refractivity contribution is -0.119. The molecule has 1 aromatic rings. The van der Waals surface area contributed by atoms with E-state index in [0.29, 0.717) is 11.3 Å². The molecule has 0 fully saturated rings. The molecule has 5 heteroatoms. The zero-order valence-corrected chi connectivity index (χ0v) is 10.6. The van der Waals surface area contributed by atoms with Crippen molar-refractivity contribution in [3.05, 3.63) is 23.8 Å². The zero-order chi connectivity index (χ0) is 13.3. The number of carbonyl (C=O) groups is 2. The Morgan fingerprint density at radius 1 is 1.28 bits per heavy atom. The molecule has 0 saturated heterocycles. The molecule has 1 aliphatic heterocycles. The van der Waals surface area contributed by atoms with Gasteiger partial charge in [-0.3, -0.25) is 4.79 Å². The lowest BCUT2D eigenvalue weighted by Crippen LogP contribution is -2.30. The predicted octanol–water partition coefficient (Wildman–Crippen LogP) is 1.86. The third kappa shape index (κ3) is 2.16. The third-order valence-corrected chi connectivity index (χ3v) is 3.25. The Bertz CT molecular complexity index is 499. The van der Waals surface area contributed by atoms with Crippen LogP contribution >= 0.6 is 0 Å². The van der Waals surface area contributed by atoms with E-state index < -0.39 is 5.97 Å². The molecule has 2 N–H and O–H groups in total. The molecule has 2 rings (SSSR count). The number of esters is 1. The van der Waals surface area contributed by atoms with Crippen LogP contribution in [0.4, 0.5) is 11.4 Å². The van der Waals surface area contributed by atoms with Gasteiger partial charge >= 0.3 is 5.97 Å². The quantitative estimate of drug-likeness (QED) is 0.744. The van der Waals surface area contributed by atoms with Crippen molar-refractivity contribution in [1.82, 2.24) is 0 Å². The second kappa shape index (κ2) is 4.68. The molecule has 5 nitrogen and oxygen atoms in total. The van der Waals surface area contributed by atoms with E-state index >= 15 is 0 Å². The van der Waals surface area contributed by atoms with Crippen molar-refractivity contribution in [2.75, 3.05) is 17.7 Å². The van der Waals surface area contributed by atoms with Crippen LogP contribution in [0.2, 0.25) is 0 Å². The average Bonchev–Trinajstić information content (AvgIpc) is 2.47. The maximum atomic E-state index is 11.9. The van der Waals surface area contributed by atoms with Gasteiger partial charge in [-0.15, -0.1) is 0 Å². The number of nitrogens with one attached hydrogen (secondary N) is 2. The highest BCUT2D eigenvalue weighted by molar-refractivity contribution is 6.00. The van der Waals surface area contributed by atoms with Gasteiger partial charge < -0.3 is 15.4 Å². The van der Waals surface area contributed by atoms with Crippen LogP contribution in [-0.2, 0) is 9.53 Å². The molecule has 96 valence electrons. The Morgan fingerprint density at radius 2 is 2.00 bits per heavy atom. The minimum Gasteiger partial charge on any atom is -0.465 e. The molecular formula is C13H16N2O3. The standard InChI is InChI=1S/C13H16N2O3/c1-7-8(2)14-10-5-4-9(13(17)18-3)6-11(10)15-12(7)16/h4-8,14H,1-3H3,(H,15,16). The van der Waals surface area contributed by atoms with E-state index in [9.17, 15) is 9.59 Å². The first-order valence-electron chi connectivity index (χ1n) is 5.82. The van der Waals surface area contributed by atoms with E-state index in [1.54, 1.807) is 18.2 Å². The van der Waals surface area contributed by atoms with Crippen molar-refractivity contribution in [2.45, 2.75) is 19.9 Å². The number of hydrogen-bond donors (Lipinski definition) is 2. The maximum Gasteiger partial charge on any atom is 0.337 e. The van der Waals surface area contributed by atoms with Crippen molar-refractivity contribution < 1.29 is 14.3 Å². The first kappa shape index (κ1) is 12.4. The Balaban J connectivity index is 2.39. The van der Waals surface area contributed by atoms with E-state index in [1.165, 1.54) is 7.11 Å². The van der Waals surface area contributed by atoms with Crippen LogP contribution in [0, 0.1) is 5.92 Å². The van der Waals surface area contributed by atoms with Gasteiger partial charge in [-0.2, -0.15) is 0 Å². The summed E-state index contributed by atoms with van der Waals surface area (Å²) in [6.45, 7) is 3.81. The highest BCUT2D eigenvalue weighted by atomic mass is 16.5. The zero-order valence-electron chi connectivity index (χ0n) is 10.6. The molecule has 0 aliphatic carbocycles. The van der Waals surface area contributed by atoms with Crippen LogP contribution in [0.3, 0.4) is 0 Å². The first-order chi connectivity index (χ1) is 8.52. The van der Waals surface area contributed by atoms with Crippen molar-refractivity contribution in [3.63, 3.8) is 0 Å². The number of carbonyl (C=O) groups excluding carboxylic acids is 2. The summed E-state index contributed by atoms with van der Waals surface area (Å²) in [6, 6.07) is 5.11. The summed E-state index contributed by atoms with van der Waals surface area (Å²) in [5.41, 5.74) is 1.84. The van der Waals surface area contributed by atoms with Crippen molar-refractivity contribution in [2.24, 2.45) is 5.92 Å². The van der Waals surface area contributed by atoms with E-state index in [4.69, 9.17) is 0 Å². The largest absolute Gasteiger partial charge is 0.465 e. The van der Waals surface area contributed by atoms with Gasteiger partial charge in [-0.05, 0) is 25.1 Å². The monoisotopic (exact) mass is 248 g/mol. The van der Waals surface area contributed by atoms with Gasteiger partial charge in [0.25, 0.3) is 0 Å². The molecule has 1 aromatic carbocycles. The summed E-state index contributed by atoms with van der Waals surface area (Å²) >= 11 is 0. The number of benzene rings is 1. The Hall–Kier alpha value is -2.04. The summed E-state index contributed by atoms with van der Waals surface area (Å²) in [5, 5.41) is 6.06. The SMILES string of the molecule is COC(=O)c1ccc2c(c1)NC(=O)C(C)C(C)N2. The predicted molar refractivity (Wildman–Crippen MR) is 68.7 cm³/mol. The molecular weight excluding hydrogens is 232 g/mol.